The Morgan fingerprint density at radius 3 is 2.80 bits per heavy atom. The smallest absolute Gasteiger partial charge is 0.0449 e. The third kappa shape index (κ3) is 3.31. The van der Waals surface area contributed by atoms with Gasteiger partial charge in [-0.05, 0) is 37.7 Å². The van der Waals surface area contributed by atoms with Crippen molar-refractivity contribution in [3.05, 3.63) is 48.0 Å². The van der Waals surface area contributed by atoms with Crippen molar-refractivity contribution >= 4 is 0 Å². The molecule has 1 aromatic rings. The fourth-order valence-electron chi connectivity index (χ4n) is 3.44. The van der Waals surface area contributed by atoms with Crippen LogP contribution in [0.2, 0.25) is 0 Å². The van der Waals surface area contributed by atoms with Gasteiger partial charge in [-0.3, -0.25) is 4.90 Å². The van der Waals surface area contributed by atoms with Gasteiger partial charge in [-0.15, -0.1) is 0 Å². The van der Waals surface area contributed by atoms with E-state index in [4.69, 9.17) is 0 Å². The number of hydrogen-bond acceptors (Lipinski definition) is 2. The highest BCUT2D eigenvalue weighted by atomic mass is 15.2. The van der Waals surface area contributed by atoms with Crippen LogP contribution < -0.4 is 5.32 Å². The van der Waals surface area contributed by atoms with Gasteiger partial charge in [0.2, 0.25) is 0 Å². The number of piperazine rings is 1. The molecule has 3 atom stereocenters. The molecule has 1 heterocycles. The van der Waals surface area contributed by atoms with Gasteiger partial charge in [-0.2, -0.15) is 0 Å². The van der Waals surface area contributed by atoms with Crippen LogP contribution in [0.15, 0.2) is 42.5 Å². The van der Waals surface area contributed by atoms with Crippen LogP contribution in [0, 0.1) is 5.92 Å². The average Bonchev–Trinajstić information content (AvgIpc) is 2.51. The van der Waals surface area contributed by atoms with E-state index in [1.807, 2.05) is 0 Å². The average molecular weight is 270 g/mol. The molecule has 0 bridgehead atoms. The lowest BCUT2D eigenvalue weighted by atomic mass is 9.92. The minimum atomic E-state index is 0.492. The highest BCUT2D eigenvalue weighted by molar-refractivity contribution is 5.20. The maximum Gasteiger partial charge on any atom is 0.0449 e. The predicted molar refractivity (Wildman–Crippen MR) is 84.7 cm³/mol. The molecule has 2 heteroatoms. The largest absolute Gasteiger partial charge is 0.307 e. The van der Waals surface area contributed by atoms with Gasteiger partial charge in [-0.25, -0.2) is 0 Å². The minimum absolute atomic E-state index is 0.492. The van der Waals surface area contributed by atoms with E-state index in [-0.39, 0.29) is 0 Å². The Morgan fingerprint density at radius 1 is 1.20 bits per heavy atom. The van der Waals surface area contributed by atoms with Crippen molar-refractivity contribution in [3.63, 3.8) is 0 Å². The van der Waals surface area contributed by atoms with E-state index in [0.717, 1.165) is 19.0 Å². The fraction of sp³-hybridized carbons (Fsp3) is 0.556. The maximum absolute atomic E-state index is 3.70. The zero-order valence-electron chi connectivity index (χ0n) is 12.5. The molecule has 3 unspecified atom stereocenters. The number of rotatable bonds is 3. The minimum Gasteiger partial charge on any atom is -0.307 e. The Morgan fingerprint density at radius 2 is 2.05 bits per heavy atom. The lowest BCUT2D eigenvalue weighted by molar-refractivity contribution is 0.117. The molecule has 0 spiro atoms. The highest BCUT2D eigenvalue weighted by Crippen LogP contribution is 2.24. The van der Waals surface area contributed by atoms with Gasteiger partial charge in [0.15, 0.2) is 0 Å². The van der Waals surface area contributed by atoms with E-state index in [2.05, 4.69) is 59.6 Å². The lowest BCUT2D eigenvalue weighted by Crippen LogP contribution is -2.52. The summed E-state index contributed by atoms with van der Waals surface area (Å²) in [4.78, 5) is 2.69. The van der Waals surface area contributed by atoms with Gasteiger partial charge < -0.3 is 5.32 Å². The number of hydrogen-bond donors (Lipinski definition) is 1. The summed E-state index contributed by atoms with van der Waals surface area (Å²) in [6, 6.07) is 12.0. The molecular formula is C18H26N2. The number of nitrogens with one attached hydrogen (secondary N) is 1. The van der Waals surface area contributed by atoms with Gasteiger partial charge in [0.05, 0.1) is 0 Å². The standard InChI is InChI=1S/C18H26N2/c1-15-12-19-18(17-10-6-3-7-11-17)14-20(15)13-16-8-4-2-5-9-16/h2-4,6-7,10-11,15-16,18-19H,5,8-9,12-14H2,1H3. The highest BCUT2D eigenvalue weighted by Gasteiger charge is 2.27. The molecule has 20 heavy (non-hydrogen) atoms. The van der Waals surface area contributed by atoms with Crippen LogP contribution in [-0.2, 0) is 0 Å². The van der Waals surface area contributed by atoms with E-state index in [9.17, 15) is 0 Å². The Kier molecular flexibility index (Phi) is 4.54. The summed E-state index contributed by atoms with van der Waals surface area (Å²) in [5.74, 6) is 0.858. The van der Waals surface area contributed by atoms with E-state index >= 15 is 0 Å². The molecule has 3 rings (SSSR count). The molecule has 108 valence electrons. The number of allylic oxidation sites excluding steroid dienone is 2. The van der Waals surface area contributed by atoms with E-state index in [1.54, 1.807) is 0 Å². The zero-order chi connectivity index (χ0) is 13.8. The van der Waals surface area contributed by atoms with Crippen molar-refractivity contribution in [3.8, 4) is 0 Å². The maximum atomic E-state index is 3.70. The third-order valence-electron chi connectivity index (χ3n) is 4.77. The van der Waals surface area contributed by atoms with Crippen molar-refractivity contribution in [2.24, 2.45) is 5.92 Å². The predicted octanol–water partition coefficient (Wildman–Crippen LogP) is 3.38. The second kappa shape index (κ2) is 6.55. The molecule has 0 saturated carbocycles. The van der Waals surface area contributed by atoms with E-state index < -0.39 is 0 Å². The quantitative estimate of drug-likeness (QED) is 0.847. The molecule has 2 aliphatic rings. The van der Waals surface area contributed by atoms with Gasteiger partial charge >= 0.3 is 0 Å². The second-order valence-electron chi connectivity index (χ2n) is 6.32. The van der Waals surface area contributed by atoms with Crippen LogP contribution >= 0.6 is 0 Å². The van der Waals surface area contributed by atoms with E-state index in [0.29, 0.717) is 12.1 Å². The fourth-order valence-corrected chi connectivity index (χ4v) is 3.44. The van der Waals surface area contributed by atoms with Crippen LogP contribution in [0.1, 0.15) is 37.8 Å². The van der Waals surface area contributed by atoms with Crippen LogP contribution in [0.3, 0.4) is 0 Å². The van der Waals surface area contributed by atoms with Crippen molar-refractivity contribution in [1.29, 1.82) is 0 Å². The van der Waals surface area contributed by atoms with Crippen molar-refractivity contribution in [1.82, 2.24) is 10.2 Å². The van der Waals surface area contributed by atoms with Gasteiger partial charge in [-0.1, -0.05) is 42.5 Å². The Bertz CT molecular complexity index is 440. The first-order valence-electron chi connectivity index (χ1n) is 8.00. The Labute approximate surface area is 122 Å². The zero-order valence-corrected chi connectivity index (χ0v) is 12.5. The molecule has 1 saturated heterocycles. The molecule has 0 radical (unpaired) electrons. The summed E-state index contributed by atoms with van der Waals surface area (Å²) < 4.78 is 0. The van der Waals surface area contributed by atoms with Gasteiger partial charge in [0, 0.05) is 31.7 Å². The molecule has 0 aromatic heterocycles. The molecule has 0 amide bonds. The van der Waals surface area contributed by atoms with E-state index in [1.165, 1.54) is 31.4 Å². The van der Waals surface area contributed by atoms with Crippen molar-refractivity contribution in [2.75, 3.05) is 19.6 Å². The Balaban J connectivity index is 1.62. The first-order chi connectivity index (χ1) is 9.83. The number of benzene rings is 1. The van der Waals surface area contributed by atoms with Gasteiger partial charge in [0.1, 0.15) is 0 Å². The monoisotopic (exact) mass is 270 g/mol. The molecule has 1 aromatic carbocycles. The SMILES string of the molecule is CC1CNC(c2ccccc2)CN1CC1CC=CCC1. The molecule has 1 N–H and O–H groups in total. The van der Waals surface area contributed by atoms with Crippen molar-refractivity contribution in [2.45, 2.75) is 38.3 Å². The molecule has 1 aliphatic heterocycles. The van der Waals surface area contributed by atoms with Crippen LogP contribution in [0.25, 0.3) is 0 Å². The lowest BCUT2D eigenvalue weighted by Gasteiger charge is -2.41. The van der Waals surface area contributed by atoms with Crippen LogP contribution in [0.4, 0.5) is 0 Å². The summed E-state index contributed by atoms with van der Waals surface area (Å²) in [5.41, 5.74) is 1.42. The topological polar surface area (TPSA) is 15.3 Å². The van der Waals surface area contributed by atoms with Crippen LogP contribution in [-0.4, -0.2) is 30.6 Å². The van der Waals surface area contributed by atoms with Crippen LogP contribution in [0.5, 0.6) is 0 Å². The normalized spacial score (nSPS) is 31.4. The summed E-state index contributed by atoms with van der Waals surface area (Å²) >= 11 is 0. The summed E-state index contributed by atoms with van der Waals surface area (Å²) in [6.45, 7) is 5.86. The summed E-state index contributed by atoms with van der Waals surface area (Å²) in [6.07, 6.45) is 8.61. The van der Waals surface area contributed by atoms with Gasteiger partial charge in [0.25, 0.3) is 0 Å². The first kappa shape index (κ1) is 13.8. The molecular weight excluding hydrogens is 244 g/mol. The van der Waals surface area contributed by atoms with Crippen molar-refractivity contribution < 1.29 is 0 Å². The summed E-state index contributed by atoms with van der Waals surface area (Å²) in [5, 5.41) is 3.70. The number of nitrogens with zero attached hydrogens (tertiary/aromatic N) is 1. The second-order valence-corrected chi connectivity index (χ2v) is 6.32. The molecule has 1 aliphatic carbocycles. The first-order valence-corrected chi connectivity index (χ1v) is 8.00. The Hall–Kier alpha value is -1.12. The third-order valence-corrected chi connectivity index (χ3v) is 4.77. The molecule has 2 nitrogen and oxygen atoms in total. The molecule has 1 fully saturated rings. The summed E-state index contributed by atoms with van der Waals surface area (Å²) in [7, 11) is 0.